The third-order valence-corrected chi connectivity index (χ3v) is 3.25. The molecule has 0 saturated carbocycles. The Balaban J connectivity index is 3.19. The average Bonchev–Trinajstić information content (AvgIpc) is 2.47. The van der Waals surface area contributed by atoms with Gasteiger partial charge in [0.15, 0.2) is 0 Å². The van der Waals surface area contributed by atoms with Gasteiger partial charge in [0.2, 0.25) is 0 Å². The van der Waals surface area contributed by atoms with Crippen LogP contribution in [0.4, 0.5) is 0 Å². The van der Waals surface area contributed by atoms with Crippen molar-refractivity contribution < 1.29 is 15.0 Å². The molecule has 0 bridgehead atoms. The second-order valence-corrected chi connectivity index (χ2v) is 4.36. The van der Waals surface area contributed by atoms with E-state index in [9.17, 15) is 4.79 Å². The molecule has 0 amide bonds. The third-order valence-electron chi connectivity index (χ3n) is 2.18. The van der Waals surface area contributed by atoms with Gasteiger partial charge < -0.3 is 15.9 Å². The summed E-state index contributed by atoms with van der Waals surface area (Å²) in [5.41, 5.74) is 6.29. The highest BCUT2D eigenvalue weighted by Crippen LogP contribution is 2.29. The van der Waals surface area contributed by atoms with E-state index in [0.29, 0.717) is 11.1 Å². The van der Waals surface area contributed by atoms with Crippen molar-refractivity contribution in [3.63, 3.8) is 0 Å². The number of hydrogen-bond donors (Lipinski definition) is 3. The molecule has 1 aromatic heterocycles. The van der Waals surface area contributed by atoms with Crippen LogP contribution in [0.15, 0.2) is 5.38 Å². The van der Waals surface area contributed by atoms with Crippen molar-refractivity contribution in [3.8, 4) is 0 Å². The summed E-state index contributed by atoms with van der Waals surface area (Å²) in [5, 5.41) is 19.6. The van der Waals surface area contributed by atoms with Crippen molar-refractivity contribution in [3.05, 3.63) is 21.4 Å². The quantitative estimate of drug-likeness (QED) is 0.700. The predicted molar refractivity (Wildman–Crippen MR) is 54.6 cm³/mol. The van der Waals surface area contributed by atoms with Gasteiger partial charge in [-0.3, -0.25) is 0 Å². The van der Waals surface area contributed by atoms with Crippen LogP contribution in [0, 0.1) is 6.92 Å². The van der Waals surface area contributed by atoms with Gasteiger partial charge in [-0.1, -0.05) is 0 Å². The maximum atomic E-state index is 10.8. The van der Waals surface area contributed by atoms with E-state index in [0.717, 1.165) is 11.3 Å². The SMILES string of the molecule is Cc1c([C@@](C)(N)CO)csc1C(=O)O. The van der Waals surface area contributed by atoms with Crippen molar-refractivity contribution >= 4 is 17.3 Å². The molecule has 0 aromatic carbocycles. The molecule has 5 heteroatoms. The van der Waals surface area contributed by atoms with Gasteiger partial charge >= 0.3 is 5.97 Å². The van der Waals surface area contributed by atoms with Gasteiger partial charge in [-0.15, -0.1) is 11.3 Å². The second-order valence-electron chi connectivity index (χ2n) is 3.48. The number of thiophene rings is 1. The summed E-state index contributed by atoms with van der Waals surface area (Å²) >= 11 is 1.14. The van der Waals surface area contributed by atoms with Crippen molar-refractivity contribution in [2.24, 2.45) is 5.73 Å². The highest BCUT2D eigenvalue weighted by Gasteiger charge is 2.26. The number of nitrogens with two attached hydrogens (primary N) is 1. The first kappa shape index (κ1) is 11.2. The average molecular weight is 215 g/mol. The van der Waals surface area contributed by atoms with E-state index >= 15 is 0 Å². The summed E-state index contributed by atoms with van der Waals surface area (Å²) in [6.07, 6.45) is 0. The van der Waals surface area contributed by atoms with Crippen LogP contribution >= 0.6 is 11.3 Å². The number of rotatable bonds is 3. The summed E-state index contributed by atoms with van der Waals surface area (Å²) in [4.78, 5) is 11.0. The fraction of sp³-hybridized carbons (Fsp3) is 0.444. The lowest BCUT2D eigenvalue weighted by molar-refractivity contribution is 0.0701. The van der Waals surface area contributed by atoms with Gasteiger partial charge in [-0.2, -0.15) is 0 Å². The molecule has 0 unspecified atom stereocenters. The lowest BCUT2D eigenvalue weighted by Crippen LogP contribution is -2.37. The number of aromatic carboxylic acids is 1. The maximum Gasteiger partial charge on any atom is 0.346 e. The number of carbonyl (C=O) groups is 1. The van der Waals surface area contributed by atoms with Crippen LogP contribution in [0.25, 0.3) is 0 Å². The summed E-state index contributed by atoms with van der Waals surface area (Å²) in [7, 11) is 0. The standard InChI is InChI=1S/C9H13NO3S/c1-5-6(9(2,10)4-11)3-14-7(5)8(12)13/h3,11H,4,10H2,1-2H3,(H,12,13)/t9-/m0/s1. The molecule has 1 rings (SSSR count). The Bertz CT molecular complexity index is 357. The monoisotopic (exact) mass is 215 g/mol. The van der Waals surface area contributed by atoms with E-state index in [2.05, 4.69) is 0 Å². The maximum absolute atomic E-state index is 10.8. The van der Waals surface area contributed by atoms with Crippen LogP contribution < -0.4 is 5.73 Å². The summed E-state index contributed by atoms with van der Waals surface area (Å²) in [5.74, 6) is -0.951. The molecule has 4 N–H and O–H groups in total. The molecule has 0 aliphatic rings. The Morgan fingerprint density at radius 3 is 2.64 bits per heavy atom. The molecule has 0 radical (unpaired) electrons. The minimum Gasteiger partial charge on any atom is -0.477 e. The molecule has 0 saturated heterocycles. The highest BCUT2D eigenvalue weighted by atomic mass is 32.1. The molecule has 4 nitrogen and oxygen atoms in total. The van der Waals surface area contributed by atoms with Crippen LogP contribution in [0.2, 0.25) is 0 Å². The van der Waals surface area contributed by atoms with E-state index < -0.39 is 11.5 Å². The predicted octanol–water partition coefficient (Wildman–Crippen LogP) is 0.921. The van der Waals surface area contributed by atoms with E-state index in [4.69, 9.17) is 15.9 Å². The largest absolute Gasteiger partial charge is 0.477 e. The van der Waals surface area contributed by atoms with E-state index in [1.165, 1.54) is 0 Å². The van der Waals surface area contributed by atoms with Crippen LogP contribution in [-0.2, 0) is 5.54 Å². The topological polar surface area (TPSA) is 83.5 Å². The van der Waals surface area contributed by atoms with Crippen molar-refractivity contribution in [2.45, 2.75) is 19.4 Å². The molecule has 0 spiro atoms. The van der Waals surface area contributed by atoms with E-state index in [1.807, 2.05) is 0 Å². The first-order chi connectivity index (χ1) is 6.40. The molecule has 1 aromatic rings. The van der Waals surface area contributed by atoms with Crippen LogP contribution in [-0.4, -0.2) is 22.8 Å². The Labute approximate surface area is 86.0 Å². The smallest absolute Gasteiger partial charge is 0.346 e. The minimum atomic E-state index is -0.951. The van der Waals surface area contributed by atoms with Crippen molar-refractivity contribution in [1.82, 2.24) is 0 Å². The zero-order valence-electron chi connectivity index (χ0n) is 8.07. The zero-order valence-corrected chi connectivity index (χ0v) is 8.89. The normalized spacial score (nSPS) is 15.1. The fourth-order valence-corrected chi connectivity index (χ4v) is 2.35. The van der Waals surface area contributed by atoms with Crippen LogP contribution in [0.3, 0.4) is 0 Å². The highest BCUT2D eigenvalue weighted by molar-refractivity contribution is 7.12. The Morgan fingerprint density at radius 2 is 2.29 bits per heavy atom. The lowest BCUT2D eigenvalue weighted by Gasteiger charge is -2.21. The number of carboxylic acid groups (broad SMARTS) is 1. The zero-order chi connectivity index (χ0) is 10.9. The summed E-state index contributed by atoms with van der Waals surface area (Å²) in [6.45, 7) is 3.17. The molecule has 1 atom stereocenters. The molecule has 1 heterocycles. The first-order valence-electron chi connectivity index (χ1n) is 4.11. The van der Waals surface area contributed by atoms with Gasteiger partial charge in [-0.25, -0.2) is 4.79 Å². The van der Waals surface area contributed by atoms with Crippen LogP contribution in [0.5, 0.6) is 0 Å². The van der Waals surface area contributed by atoms with Gasteiger partial charge in [-0.05, 0) is 30.4 Å². The molecule has 0 aliphatic heterocycles. The van der Waals surface area contributed by atoms with E-state index in [-0.39, 0.29) is 11.5 Å². The Morgan fingerprint density at radius 1 is 1.71 bits per heavy atom. The molecule has 0 aliphatic carbocycles. The summed E-state index contributed by atoms with van der Waals surface area (Å²) in [6, 6.07) is 0. The second kappa shape index (κ2) is 3.68. The summed E-state index contributed by atoms with van der Waals surface area (Å²) < 4.78 is 0. The third kappa shape index (κ3) is 1.79. The van der Waals surface area contributed by atoms with Gasteiger partial charge in [0.05, 0.1) is 12.1 Å². The number of carboxylic acids is 1. The van der Waals surface area contributed by atoms with Crippen molar-refractivity contribution in [2.75, 3.05) is 6.61 Å². The fourth-order valence-electron chi connectivity index (χ4n) is 1.28. The number of aliphatic hydroxyl groups excluding tert-OH is 1. The molecule has 0 fully saturated rings. The first-order valence-corrected chi connectivity index (χ1v) is 4.99. The van der Waals surface area contributed by atoms with Crippen LogP contribution in [0.1, 0.15) is 27.7 Å². The van der Waals surface area contributed by atoms with Gasteiger partial charge in [0.1, 0.15) is 4.88 Å². The van der Waals surface area contributed by atoms with Gasteiger partial charge in [0, 0.05) is 0 Å². The minimum absolute atomic E-state index is 0.205. The molecular formula is C9H13NO3S. The number of aliphatic hydroxyl groups is 1. The Kier molecular flexibility index (Phi) is 2.94. The van der Waals surface area contributed by atoms with Gasteiger partial charge in [0.25, 0.3) is 0 Å². The molecule has 14 heavy (non-hydrogen) atoms. The Hall–Kier alpha value is -0.910. The molecular weight excluding hydrogens is 202 g/mol. The van der Waals surface area contributed by atoms with E-state index in [1.54, 1.807) is 19.2 Å². The lowest BCUT2D eigenvalue weighted by atomic mass is 9.93. The van der Waals surface area contributed by atoms with Crippen molar-refractivity contribution in [1.29, 1.82) is 0 Å². The molecule has 78 valence electrons. The number of hydrogen-bond acceptors (Lipinski definition) is 4.